The van der Waals surface area contributed by atoms with E-state index in [-0.39, 0.29) is 5.69 Å². The van der Waals surface area contributed by atoms with Crippen molar-refractivity contribution in [3.63, 3.8) is 0 Å². The van der Waals surface area contributed by atoms with E-state index in [1.54, 1.807) is 6.07 Å². The van der Waals surface area contributed by atoms with Crippen LogP contribution in [0.2, 0.25) is 0 Å². The fourth-order valence-electron chi connectivity index (χ4n) is 1.91. The highest BCUT2D eigenvalue weighted by Gasteiger charge is 2.12. The molecule has 1 aliphatic rings. The number of aromatic carboxylic acids is 1. The predicted octanol–water partition coefficient (Wildman–Crippen LogP) is 2.22. The van der Waals surface area contributed by atoms with Crippen molar-refractivity contribution in [3.8, 4) is 22.6 Å². The van der Waals surface area contributed by atoms with E-state index >= 15 is 0 Å². The van der Waals surface area contributed by atoms with Gasteiger partial charge < -0.3 is 14.6 Å². The minimum Gasteiger partial charge on any atom is -0.486 e. The standard InChI is InChI=1S/C14H11NO4/c16-14(17)11-3-1-10(8-15-11)9-2-4-12-13(7-9)19-6-5-18-12/h1-4,7-8H,5-6H2,(H,16,17). The first kappa shape index (κ1) is 11.5. The van der Waals surface area contributed by atoms with Gasteiger partial charge in [0.25, 0.3) is 0 Å². The van der Waals surface area contributed by atoms with Crippen LogP contribution in [0, 0.1) is 0 Å². The van der Waals surface area contributed by atoms with Crippen LogP contribution >= 0.6 is 0 Å². The smallest absolute Gasteiger partial charge is 0.354 e. The molecule has 0 amide bonds. The van der Waals surface area contributed by atoms with Gasteiger partial charge in [0.05, 0.1) is 0 Å². The van der Waals surface area contributed by atoms with Crippen LogP contribution in [-0.2, 0) is 0 Å². The summed E-state index contributed by atoms with van der Waals surface area (Å²) in [6.07, 6.45) is 1.54. The molecule has 1 aromatic carbocycles. The van der Waals surface area contributed by atoms with Crippen LogP contribution in [0.5, 0.6) is 11.5 Å². The third kappa shape index (κ3) is 2.22. The maximum Gasteiger partial charge on any atom is 0.354 e. The van der Waals surface area contributed by atoms with Crippen LogP contribution in [0.15, 0.2) is 36.5 Å². The van der Waals surface area contributed by atoms with E-state index in [1.165, 1.54) is 12.3 Å². The minimum atomic E-state index is -1.03. The zero-order valence-electron chi connectivity index (χ0n) is 10.00. The number of benzene rings is 1. The Hall–Kier alpha value is -2.56. The molecule has 19 heavy (non-hydrogen) atoms. The summed E-state index contributed by atoms with van der Waals surface area (Å²) >= 11 is 0. The van der Waals surface area contributed by atoms with E-state index in [0.717, 1.165) is 16.9 Å². The van der Waals surface area contributed by atoms with E-state index < -0.39 is 5.97 Å². The zero-order valence-corrected chi connectivity index (χ0v) is 10.00. The molecule has 0 saturated carbocycles. The fourth-order valence-corrected chi connectivity index (χ4v) is 1.91. The quantitative estimate of drug-likeness (QED) is 0.893. The molecule has 5 heteroatoms. The molecule has 5 nitrogen and oxygen atoms in total. The Balaban J connectivity index is 1.95. The first-order valence-electron chi connectivity index (χ1n) is 5.83. The van der Waals surface area contributed by atoms with Crippen molar-refractivity contribution in [2.75, 3.05) is 13.2 Å². The number of fused-ring (bicyclic) bond motifs is 1. The molecule has 0 saturated heterocycles. The minimum absolute atomic E-state index is 0.0290. The van der Waals surface area contributed by atoms with E-state index in [4.69, 9.17) is 14.6 Å². The molecule has 0 aliphatic carbocycles. The fraction of sp³-hybridized carbons (Fsp3) is 0.143. The molecule has 3 rings (SSSR count). The van der Waals surface area contributed by atoms with Crippen LogP contribution in [0.4, 0.5) is 0 Å². The number of nitrogens with zero attached hydrogens (tertiary/aromatic N) is 1. The van der Waals surface area contributed by atoms with Crippen LogP contribution < -0.4 is 9.47 Å². The number of hydrogen-bond donors (Lipinski definition) is 1. The first-order valence-corrected chi connectivity index (χ1v) is 5.83. The molecule has 0 unspecified atom stereocenters. The van der Waals surface area contributed by atoms with Gasteiger partial charge in [-0.2, -0.15) is 0 Å². The highest BCUT2D eigenvalue weighted by molar-refractivity contribution is 5.85. The topological polar surface area (TPSA) is 68.7 Å². The second-order valence-electron chi connectivity index (χ2n) is 4.10. The largest absolute Gasteiger partial charge is 0.486 e. The number of aromatic nitrogens is 1. The normalized spacial score (nSPS) is 13.1. The Labute approximate surface area is 109 Å². The second kappa shape index (κ2) is 4.61. The lowest BCUT2D eigenvalue weighted by Gasteiger charge is -2.18. The van der Waals surface area contributed by atoms with Crippen molar-refractivity contribution < 1.29 is 19.4 Å². The van der Waals surface area contributed by atoms with E-state index in [9.17, 15) is 4.79 Å². The summed E-state index contributed by atoms with van der Waals surface area (Å²) in [6.45, 7) is 1.09. The van der Waals surface area contributed by atoms with E-state index in [0.29, 0.717) is 19.0 Å². The Bertz CT molecular complexity index is 622. The number of hydrogen-bond acceptors (Lipinski definition) is 4. The Morgan fingerprint density at radius 2 is 1.79 bits per heavy atom. The summed E-state index contributed by atoms with van der Waals surface area (Å²) in [6, 6.07) is 8.81. The van der Waals surface area contributed by atoms with Gasteiger partial charge in [-0.3, -0.25) is 0 Å². The van der Waals surface area contributed by atoms with Crippen molar-refractivity contribution in [3.05, 3.63) is 42.2 Å². The summed E-state index contributed by atoms with van der Waals surface area (Å²) in [4.78, 5) is 14.6. The molecule has 0 fully saturated rings. The summed E-state index contributed by atoms with van der Waals surface area (Å²) in [5.74, 6) is 0.393. The summed E-state index contributed by atoms with van der Waals surface area (Å²) in [5, 5.41) is 8.81. The van der Waals surface area contributed by atoms with Gasteiger partial charge >= 0.3 is 5.97 Å². The van der Waals surface area contributed by atoms with Gasteiger partial charge in [0.1, 0.15) is 18.9 Å². The van der Waals surface area contributed by atoms with Gasteiger partial charge in [0, 0.05) is 11.8 Å². The molecule has 96 valence electrons. The molecule has 0 bridgehead atoms. The lowest BCUT2D eigenvalue weighted by atomic mass is 10.1. The second-order valence-corrected chi connectivity index (χ2v) is 4.10. The number of carboxylic acid groups (broad SMARTS) is 1. The van der Waals surface area contributed by atoms with Gasteiger partial charge in [0.15, 0.2) is 11.5 Å². The summed E-state index contributed by atoms with van der Waals surface area (Å²) in [7, 11) is 0. The van der Waals surface area contributed by atoms with Gasteiger partial charge in [-0.15, -0.1) is 0 Å². The van der Waals surface area contributed by atoms with Crippen molar-refractivity contribution in [2.45, 2.75) is 0 Å². The van der Waals surface area contributed by atoms with Gasteiger partial charge in [-0.05, 0) is 23.8 Å². The number of rotatable bonds is 2. The summed E-state index contributed by atoms with van der Waals surface area (Å²) in [5.41, 5.74) is 1.77. The van der Waals surface area contributed by atoms with Crippen molar-refractivity contribution in [1.82, 2.24) is 4.98 Å². The first-order chi connectivity index (χ1) is 9.24. The zero-order chi connectivity index (χ0) is 13.2. The third-order valence-electron chi connectivity index (χ3n) is 2.86. The average Bonchev–Trinajstić information content (AvgIpc) is 2.47. The van der Waals surface area contributed by atoms with Gasteiger partial charge in [0.2, 0.25) is 0 Å². The molecule has 1 aromatic heterocycles. The molecule has 0 radical (unpaired) electrons. The Kier molecular flexibility index (Phi) is 2.79. The van der Waals surface area contributed by atoms with Crippen molar-refractivity contribution in [2.24, 2.45) is 0 Å². The number of pyridine rings is 1. The maximum atomic E-state index is 10.7. The lowest BCUT2D eigenvalue weighted by molar-refractivity contribution is 0.0690. The highest BCUT2D eigenvalue weighted by atomic mass is 16.6. The number of carboxylic acids is 1. The molecule has 2 heterocycles. The van der Waals surface area contributed by atoms with Crippen LogP contribution in [0.25, 0.3) is 11.1 Å². The highest BCUT2D eigenvalue weighted by Crippen LogP contribution is 2.34. The molecule has 0 spiro atoms. The third-order valence-corrected chi connectivity index (χ3v) is 2.86. The average molecular weight is 257 g/mol. The predicted molar refractivity (Wildman–Crippen MR) is 67.6 cm³/mol. The van der Waals surface area contributed by atoms with Crippen LogP contribution in [0.3, 0.4) is 0 Å². The van der Waals surface area contributed by atoms with Crippen LogP contribution in [0.1, 0.15) is 10.5 Å². The van der Waals surface area contributed by atoms with Crippen LogP contribution in [-0.4, -0.2) is 29.3 Å². The molecular weight excluding hydrogens is 246 g/mol. The monoisotopic (exact) mass is 257 g/mol. The molecule has 1 aliphatic heterocycles. The number of ether oxygens (including phenoxy) is 2. The molecule has 0 atom stereocenters. The maximum absolute atomic E-state index is 10.7. The Morgan fingerprint density at radius 1 is 1.05 bits per heavy atom. The molecule has 1 N–H and O–H groups in total. The van der Waals surface area contributed by atoms with Crippen molar-refractivity contribution in [1.29, 1.82) is 0 Å². The van der Waals surface area contributed by atoms with Gasteiger partial charge in [-0.1, -0.05) is 12.1 Å². The molecule has 2 aromatic rings. The van der Waals surface area contributed by atoms with E-state index in [1.807, 2.05) is 18.2 Å². The van der Waals surface area contributed by atoms with Crippen molar-refractivity contribution >= 4 is 5.97 Å². The lowest BCUT2D eigenvalue weighted by Crippen LogP contribution is -2.15. The Morgan fingerprint density at radius 3 is 2.47 bits per heavy atom. The molecular formula is C14H11NO4. The van der Waals surface area contributed by atoms with E-state index in [2.05, 4.69) is 4.98 Å². The van der Waals surface area contributed by atoms with Gasteiger partial charge in [-0.25, -0.2) is 9.78 Å². The SMILES string of the molecule is O=C(O)c1ccc(-c2ccc3c(c2)OCCO3)cn1. The number of carbonyl (C=O) groups is 1. The summed E-state index contributed by atoms with van der Waals surface area (Å²) < 4.78 is 11.0.